The van der Waals surface area contributed by atoms with Crippen molar-refractivity contribution < 1.29 is 14.8 Å². The van der Waals surface area contributed by atoms with Crippen LogP contribution in [-0.2, 0) is 0 Å². The van der Waals surface area contributed by atoms with Crippen molar-refractivity contribution in [2.24, 2.45) is 0 Å². The summed E-state index contributed by atoms with van der Waals surface area (Å²) in [5.41, 5.74) is 0.497. The standard InChI is InChI=1S/C15H11NO4/c17-14(8-6-11-4-2-1-3-5-11)13-10-12(16(19)20)7-9-15(13)18/h1-10,18H. The van der Waals surface area contributed by atoms with Gasteiger partial charge in [-0.05, 0) is 17.7 Å². The first-order chi connectivity index (χ1) is 9.58. The van der Waals surface area contributed by atoms with Crippen LogP contribution >= 0.6 is 0 Å². The maximum atomic E-state index is 11.9. The summed E-state index contributed by atoms with van der Waals surface area (Å²) >= 11 is 0. The molecule has 0 fully saturated rings. The third-order valence-electron chi connectivity index (χ3n) is 2.68. The van der Waals surface area contributed by atoms with Crippen LogP contribution in [0.1, 0.15) is 15.9 Å². The first-order valence-corrected chi connectivity index (χ1v) is 5.83. The normalized spacial score (nSPS) is 10.6. The molecule has 0 unspecified atom stereocenters. The van der Waals surface area contributed by atoms with E-state index in [1.807, 2.05) is 30.3 Å². The van der Waals surface area contributed by atoms with Gasteiger partial charge in [0.2, 0.25) is 0 Å². The minimum atomic E-state index is -0.614. The van der Waals surface area contributed by atoms with Crippen molar-refractivity contribution in [1.82, 2.24) is 0 Å². The average molecular weight is 269 g/mol. The van der Waals surface area contributed by atoms with E-state index in [-0.39, 0.29) is 17.0 Å². The first kappa shape index (κ1) is 13.5. The van der Waals surface area contributed by atoms with Crippen LogP contribution in [0.4, 0.5) is 5.69 Å². The molecule has 0 bridgehead atoms. The SMILES string of the molecule is O=C(C=Cc1ccccc1)c1cc([N+](=O)[O-])ccc1O. The van der Waals surface area contributed by atoms with E-state index in [2.05, 4.69) is 0 Å². The van der Waals surface area contributed by atoms with Crippen LogP contribution in [0.5, 0.6) is 5.75 Å². The lowest BCUT2D eigenvalue weighted by molar-refractivity contribution is -0.384. The number of benzene rings is 2. The van der Waals surface area contributed by atoms with E-state index >= 15 is 0 Å². The van der Waals surface area contributed by atoms with Gasteiger partial charge in [-0.15, -0.1) is 0 Å². The number of phenolic OH excluding ortho intramolecular Hbond substituents is 1. The van der Waals surface area contributed by atoms with Crippen molar-refractivity contribution in [1.29, 1.82) is 0 Å². The number of carbonyl (C=O) groups excluding carboxylic acids is 1. The summed E-state index contributed by atoms with van der Waals surface area (Å²) in [7, 11) is 0. The second-order valence-electron chi connectivity index (χ2n) is 4.07. The summed E-state index contributed by atoms with van der Waals surface area (Å²) in [6.07, 6.45) is 2.86. The second-order valence-corrected chi connectivity index (χ2v) is 4.07. The lowest BCUT2D eigenvalue weighted by Gasteiger charge is -2.00. The van der Waals surface area contributed by atoms with Gasteiger partial charge in [0.05, 0.1) is 10.5 Å². The highest BCUT2D eigenvalue weighted by Gasteiger charge is 2.14. The minimum Gasteiger partial charge on any atom is -0.507 e. The average Bonchev–Trinajstić information content (AvgIpc) is 2.46. The zero-order valence-electron chi connectivity index (χ0n) is 10.4. The van der Waals surface area contributed by atoms with Gasteiger partial charge < -0.3 is 5.11 Å². The molecule has 0 saturated carbocycles. The van der Waals surface area contributed by atoms with Crippen LogP contribution in [0.15, 0.2) is 54.6 Å². The molecular weight excluding hydrogens is 258 g/mol. The molecule has 0 spiro atoms. The molecule has 20 heavy (non-hydrogen) atoms. The smallest absolute Gasteiger partial charge is 0.270 e. The Morgan fingerprint density at radius 2 is 1.85 bits per heavy atom. The lowest BCUT2D eigenvalue weighted by Crippen LogP contribution is -1.97. The largest absolute Gasteiger partial charge is 0.507 e. The molecule has 2 rings (SSSR count). The molecule has 0 saturated heterocycles. The Bertz CT molecular complexity index is 678. The van der Waals surface area contributed by atoms with Crippen molar-refractivity contribution in [2.75, 3.05) is 0 Å². The Hall–Kier alpha value is -2.95. The molecule has 5 nitrogen and oxygen atoms in total. The van der Waals surface area contributed by atoms with Gasteiger partial charge >= 0.3 is 0 Å². The molecule has 0 aliphatic carbocycles. The summed E-state index contributed by atoms with van der Waals surface area (Å²) in [5, 5.41) is 20.3. The molecule has 5 heteroatoms. The van der Waals surface area contributed by atoms with Crippen LogP contribution < -0.4 is 0 Å². The van der Waals surface area contributed by atoms with Crippen LogP contribution in [0.25, 0.3) is 6.08 Å². The van der Waals surface area contributed by atoms with E-state index < -0.39 is 10.7 Å². The van der Waals surface area contributed by atoms with Gasteiger partial charge in [-0.3, -0.25) is 14.9 Å². The highest BCUT2D eigenvalue weighted by molar-refractivity contribution is 6.08. The molecule has 0 atom stereocenters. The Balaban J connectivity index is 2.27. The van der Waals surface area contributed by atoms with E-state index in [1.54, 1.807) is 6.08 Å². The number of nitrogens with zero attached hydrogens (tertiary/aromatic N) is 1. The number of rotatable bonds is 4. The quantitative estimate of drug-likeness (QED) is 0.400. The van der Waals surface area contributed by atoms with E-state index in [0.717, 1.165) is 23.8 Å². The summed E-state index contributed by atoms with van der Waals surface area (Å²) < 4.78 is 0. The van der Waals surface area contributed by atoms with Gasteiger partial charge in [-0.2, -0.15) is 0 Å². The molecular formula is C15H11NO4. The van der Waals surface area contributed by atoms with Gasteiger partial charge in [0.15, 0.2) is 5.78 Å². The van der Waals surface area contributed by atoms with Crippen molar-refractivity contribution in [3.05, 3.63) is 75.8 Å². The molecule has 0 aliphatic heterocycles. The van der Waals surface area contributed by atoms with Gasteiger partial charge in [0.1, 0.15) is 5.75 Å². The van der Waals surface area contributed by atoms with Crippen molar-refractivity contribution in [2.45, 2.75) is 0 Å². The minimum absolute atomic E-state index is 0.0913. The zero-order chi connectivity index (χ0) is 14.5. The molecule has 2 aromatic carbocycles. The Kier molecular flexibility index (Phi) is 3.91. The molecule has 0 aromatic heterocycles. The molecule has 2 aromatic rings. The number of hydrogen-bond acceptors (Lipinski definition) is 4. The number of aromatic hydroxyl groups is 1. The predicted molar refractivity (Wildman–Crippen MR) is 74.6 cm³/mol. The fourth-order valence-corrected chi connectivity index (χ4v) is 1.66. The summed E-state index contributed by atoms with van der Waals surface area (Å²) in [5.74, 6) is -0.770. The molecule has 0 radical (unpaired) electrons. The van der Waals surface area contributed by atoms with E-state index in [1.165, 1.54) is 6.08 Å². The predicted octanol–water partition coefficient (Wildman–Crippen LogP) is 3.20. The topological polar surface area (TPSA) is 80.4 Å². The van der Waals surface area contributed by atoms with Crippen molar-refractivity contribution in [3.63, 3.8) is 0 Å². The Labute approximate surface area is 115 Å². The van der Waals surface area contributed by atoms with Crippen molar-refractivity contribution >= 4 is 17.5 Å². The number of hydrogen-bond donors (Lipinski definition) is 1. The maximum Gasteiger partial charge on any atom is 0.270 e. The number of non-ortho nitro benzene ring substituents is 1. The fourth-order valence-electron chi connectivity index (χ4n) is 1.66. The number of nitro benzene ring substituents is 1. The number of carbonyl (C=O) groups is 1. The van der Waals surface area contributed by atoms with Gasteiger partial charge in [0, 0.05) is 12.1 Å². The highest BCUT2D eigenvalue weighted by Crippen LogP contribution is 2.23. The molecule has 100 valence electrons. The van der Waals surface area contributed by atoms with Gasteiger partial charge in [-0.1, -0.05) is 36.4 Å². The van der Waals surface area contributed by atoms with Gasteiger partial charge in [-0.25, -0.2) is 0 Å². The lowest BCUT2D eigenvalue weighted by atomic mass is 10.1. The Morgan fingerprint density at radius 3 is 2.50 bits per heavy atom. The van der Waals surface area contributed by atoms with Crippen LogP contribution in [-0.4, -0.2) is 15.8 Å². The van der Waals surface area contributed by atoms with E-state index in [0.29, 0.717) is 0 Å². The summed E-state index contributed by atoms with van der Waals surface area (Å²) in [6, 6.07) is 12.5. The molecule has 1 N–H and O–H groups in total. The zero-order valence-corrected chi connectivity index (χ0v) is 10.4. The number of allylic oxidation sites excluding steroid dienone is 1. The third-order valence-corrected chi connectivity index (χ3v) is 2.68. The molecule has 0 heterocycles. The molecule has 0 amide bonds. The third kappa shape index (κ3) is 3.08. The monoisotopic (exact) mass is 269 g/mol. The van der Waals surface area contributed by atoms with Gasteiger partial charge in [0.25, 0.3) is 5.69 Å². The number of nitro groups is 1. The maximum absolute atomic E-state index is 11.9. The van der Waals surface area contributed by atoms with Crippen molar-refractivity contribution in [3.8, 4) is 5.75 Å². The Morgan fingerprint density at radius 1 is 1.15 bits per heavy atom. The van der Waals surface area contributed by atoms with Crippen LogP contribution in [0.3, 0.4) is 0 Å². The fraction of sp³-hybridized carbons (Fsp3) is 0. The summed E-state index contributed by atoms with van der Waals surface area (Å²) in [6.45, 7) is 0. The summed E-state index contributed by atoms with van der Waals surface area (Å²) in [4.78, 5) is 22.0. The highest BCUT2D eigenvalue weighted by atomic mass is 16.6. The second kappa shape index (κ2) is 5.79. The van der Waals surface area contributed by atoms with Crippen LogP contribution in [0, 0.1) is 10.1 Å². The van der Waals surface area contributed by atoms with E-state index in [9.17, 15) is 20.0 Å². The molecule has 0 aliphatic rings. The first-order valence-electron chi connectivity index (χ1n) is 5.83. The van der Waals surface area contributed by atoms with E-state index in [4.69, 9.17) is 0 Å². The van der Waals surface area contributed by atoms with Crippen LogP contribution in [0.2, 0.25) is 0 Å². The number of phenols is 1. The number of ketones is 1.